The van der Waals surface area contributed by atoms with Gasteiger partial charge in [-0.05, 0) is 82.2 Å². The Morgan fingerprint density at radius 2 is 1.04 bits per heavy atom. The predicted molar refractivity (Wildman–Crippen MR) is 185 cm³/mol. The minimum atomic E-state index is 0.711. The van der Waals surface area contributed by atoms with E-state index in [-0.39, 0.29) is 0 Å². The van der Waals surface area contributed by atoms with Crippen LogP contribution in [-0.2, 0) is 0 Å². The molecule has 0 aliphatic heterocycles. The Labute approximate surface area is 259 Å². The predicted octanol–water partition coefficient (Wildman–Crippen LogP) is 10.3. The second-order valence-electron chi connectivity index (χ2n) is 11.3. The maximum Gasteiger partial charge on any atom is 0.160 e. The van der Waals surface area contributed by atoms with E-state index in [1.165, 1.54) is 5.56 Å². The summed E-state index contributed by atoms with van der Waals surface area (Å²) in [7, 11) is 0. The zero-order valence-corrected chi connectivity index (χ0v) is 24.3. The van der Waals surface area contributed by atoms with Crippen molar-refractivity contribution in [2.24, 2.45) is 0 Å². The molecule has 0 saturated heterocycles. The lowest BCUT2D eigenvalue weighted by molar-refractivity contribution is 1.23. The van der Waals surface area contributed by atoms with Crippen LogP contribution in [0.2, 0.25) is 0 Å². The summed E-state index contributed by atoms with van der Waals surface area (Å²) in [6, 6.07) is 55.1. The highest BCUT2D eigenvalue weighted by atomic mass is 15.0. The number of fused-ring (bicyclic) bond motifs is 6. The molecule has 4 heteroatoms. The minimum absolute atomic E-state index is 0.711. The lowest BCUT2D eigenvalue weighted by atomic mass is 9.99. The van der Waals surface area contributed by atoms with Crippen LogP contribution in [0.15, 0.2) is 158 Å². The monoisotopic (exact) mass is 574 g/mol. The summed E-state index contributed by atoms with van der Waals surface area (Å²) in [6.07, 6.45) is 0. The molecule has 4 nitrogen and oxygen atoms in total. The van der Waals surface area contributed by atoms with Gasteiger partial charge in [-0.3, -0.25) is 4.40 Å². The summed E-state index contributed by atoms with van der Waals surface area (Å²) in [5.41, 5.74) is 12.7. The Bertz CT molecular complexity index is 2550. The highest BCUT2D eigenvalue weighted by Gasteiger charge is 2.14. The fourth-order valence-corrected chi connectivity index (χ4v) is 6.39. The lowest BCUT2D eigenvalue weighted by Gasteiger charge is -2.12. The van der Waals surface area contributed by atoms with Crippen molar-refractivity contribution in [3.05, 3.63) is 158 Å². The second kappa shape index (κ2) is 10.2. The van der Waals surface area contributed by atoms with Gasteiger partial charge in [-0.25, -0.2) is 15.0 Å². The van der Waals surface area contributed by atoms with Crippen molar-refractivity contribution < 1.29 is 0 Å². The number of hydrogen-bond acceptors (Lipinski definition) is 3. The normalized spacial score (nSPS) is 11.6. The Balaban J connectivity index is 1.16. The van der Waals surface area contributed by atoms with Gasteiger partial charge in [0, 0.05) is 16.5 Å². The van der Waals surface area contributed by atoms with Gasteiger partial charge in [0.2, 0.25) is 0 Å². The summed E-state index contributed by atoms with van der Waals surface area (Å²) in [6.45, 7) is 0. The molecule has 45 heavy (non-hydrogen) atoms. The first-order valence-corrected chi connectivity index (χ1v) is 15.1. The van der Waals surface area contributed by atoms with E-state index < -0.39 is 0 Å². The van der Waals surface area contributed by atoms with Crippen molar-refractivity contribution in [2.75, 3.05) is 0 Å². The third-order valence-corrected chi connectivity index (χ3v) is 8.57. The lowest BCUT2D eigenvalue weighted by Crippen LogP contribution is -1.96. The molecule has 0 fully saturated rings. The number of nitrogens with zero attached hydrogens (tertiary/aromatic N) is 4. The molecule has 0 aliphatic rings. The van der Waals surface area contributed by atoms with Crippen molar-refractivity contribution in [2.45, 2.75) is 0 Å². The van der Waals surface area contributed by atoms with Gasteiger partial charge in [0.25, 0.3) is 0 Å². The summed E-state index contributed by atoms with van der Waals surface area (Å²) in [5.74, 6) is 0.711. The van der Waals surface area contributed by atoms with E-state index >= 15 is 0 Å². The van der Waals surface area contributed by atoms with Crippen LogP contribution in [0.5, 0.6) is 0 Å². The van der Waals surface area contributed by atoms with E-state index in [4.69, 9.17) is 15.0 Å². The SMILES string of the molecule is c1ccc(-c2cccc(-c3nc(-c4cccc(-c5ccc6c(ccc7nc8ccccc8n76)c5)c4)nc4ccccc34)c2)cc1. The van der Waals surface area contributed by atoms with E-state index in [9.17, 15) is 0 Å². The highest BCUT2D eigenvalue weighted by molar-refractivity contribution is 5.95. The van der Waals surface area contributed by atoms with Gasteiger partial charge in [-0.1, -0.05) is 103 Å². The molecule has 0 amide bonds. The van der Waals surface area contributed by atoms with Gasteiger partial charge in [-0.2, -0.15) is 0 Å². The first-order valence-electron chi connectivity index (χ1n) is 15.1. The fourth-order valence-electron chi connectivity index (χ4n) is 6.39. The molecule has 3 heterocycles. The Morgan fingerprint density at radius 1 is 0.378 bits per heavy atom. The molecule has 0 atom stereocenters. The van der Waals surface area contributed by atoms with Crippen molar-refractivity contribution >= 4 is 38.5 Å². The quantitative estimate of drug-likeness (QED) is 0.210. The van der Waals surface area contributed by atoms with Gasteiger partial charge in [0.1, 0.15) is 5.65 Å². The molecular weight excluding hydrogens is 548 g/mol. The number of hydrogen-bond donors (Lipinski definition) is 0. The molecule has 6 aromatic carbocycles. The molecule has 210 valence electrons. The standard InChI is InChI=1S/C41H26N4/c1-2-10-27(11-3-1)28-12-8-14-32(25-28)40-34-16-4-5-17-35(34)43-41(44-40)33-15-9-13-29(26-33)30-20-22-37-31(24-30)21-23-39-42-36-18-6-7-19-38(36)45(37)39/h1-26H. The molecule has 3 aromatic heterocycles. The van der Waals surface area contributed by atoms with Crippen LogP contribution >= 0.6 is 0 Å². The molecule has 0 bridgehead atoms. The van der Waals surface area contributed by atoms with Crippen LogP contribution in [-0.4, -0.2) is 19.4 Å². The van der Waals surface area contributed by atoms with Crippen molar-refractivity contribution in [3.63, 3.8) is 0 Å². The molecule has 0 radical (unpaired) electrons. The maximum absolute atomic E-state index is 5.20. The van der Waals surface area contributed by atoms with Crippen LogP contribution in [0.25, 0.3) is 83.4 Å². The molecule has 0 N–H and O–H groups in total. The van der Waals surface area contributed by atoms with E-state index in [2.05, 4.69) is 144 Å². The summed E-state index contributed by atoms with van der Waals surface area (Å²) >= 11 is 0. The first-order chi connectivity index (χ1) is 22.3. The number of imidazole rings is 1. The maximum atomic E-state index is 5.20. The topological polar surface area (TPSA) is 43.1 Å². The molecule has 9 rings (SSSR count). The number of pyridine rings is 1. The van der Waals surface area contributed by atoms with Crippen molar-refractivity contribution in [3.8, 4) is 44.9 Å². The van der Waals surface area contributed by atoms with Crippen LogP contribution in [0.4, 0.5) is 0 Å². The summed E-state index contributed by atoms with van der Waals surface area (Å²) in [5, 5.41) is 2.20. The van der Waals surface area contributed by atoms with Crippen LogP contribution in [0.1, 0.15) is 0 Å². The van der Waals surface area contributed by atoms with Crippen LogP contribution in [0, 0.1) is 0 Å². The van der Waals surface area contributed by atoms with Gasteiger partial charge in [-0.15, -0.1) is 0 Å². The third-order valence-electron chi connectivity index (χ3n) is 8.57. The zero-order chi connectivity index (χ0) is 29.7. The minimum Gasteiger partial charge on any atom is -0.292 e. The van der Waals surface area contributed by atoms with Crippen LogP contribution < -0.4 is 0 Å². The Kier molecular flexibility index (Phi) is 5.78. The number of para-hydroxylation sites is 3. The number of aromatic nitrogens is 4. The van der Waals surface area contributed by atoms with Crippen molar-refractivity contribution in [1.29, 1.82) is 0 Å². The van der Waals surface area contributed by atoms with E-state index in [0.717, 1.165) is 72.0 Å². The molecule has 0 aliphatic carbocycles. The number of benzene rings is 6. The molecule has 0 spiro atoms. The van der Waals surface area contributed by atoms with Gasteiger partial charge < -0.3 is 0 Å². The van der Waals surface area contributed by atoms with E-state index in [0.29, 0.717) is 5.82 Å². The molecule has 0 saturated carbocycles. The van der Waals surface area contributed by atoms with E-state index in [1.54, 1.807) is 0 Å². The first kappa shape index (κ1) is 25.4. The zero-order valence-electron chi connectivity index (χ0n) is 24.3. The summed E-state index contributed by atoms with van der Waals surface area (Å²) in [4.78, 5) is 15.0. The van der Waals surface area contributed by atoms with Crippen LogP contribution in [0.3, 0.4) is 0 Å². The number of rotatable bonds is 4. The van der Waals surface area contributed by atoms with E-state index in [1.807, 2.05) is 18.2 Å². The molecular formula is C41H26N4. The van der Waals surface area contributed by atoms with Gasteiger partial charge >= 0.3 is 0 Å². The smallest absolute Gasteiger partial charge is 0.160 e. The third kappa shape index (κ3) is 4.35. The van der Waals surface area contributed by atoms with Crippen molar-refractivity contribution in [1.82, 2.24) is 19.4 Å². The summed E-state index contributed by atoms with van der Waals surface area (Å²) < 4.78 is 2.24. The average molecular weight is 575 g/mol. The Hall–Kier alpha value is -6.13. The Morgan fingerprint density at radius 3 is 1.93 bits per heavy atom. The second-order valence-corrected chi connectivity index (χ2v) is 11.3. The van der Waals surface area contributed by atoms with Gasteiger partial charge in [0.15, 0.2) is 5.82 Å². The molecule has 0 unspecified atom stereocenters. The fraction of sp³-hybridized carbons (Fsp3) is 0. The highest BCUT2D eigenvalue weighted by Crippen LogP contribution is 2.34. The average Bonchev–Trinajstić information content (AvgIpc) is 3.51. The van der Waals surface area contributed by atoms with Gasteiger partial charge in [0.05, 0.1) is 27.8 Å². The molecule has 9 aromatic rings. The largest absolute Gasteiger partial charge is 0.292 e.